The lowest BCUT2D eigenvalue weighted by Crippen LogP contribution is -2.22. The van der Waals surface area contributed by atoms with Crippen molar-refractivity contribution in [3.8, 4) is 0 Å². The average molecular weight is 391 g/mol. The van der Waals surface area contributed by atoms with Crippen LogP contribution in [0.5, 0.6) is 0 Å². The standard InChI is InChI=1S/C7H6F3N.C5H11NO5S2/c8-7(9,10)5-3-1-2-4-6(5)11;1-5(6(2)12(7)8)3-4-13(9,10)11/h1-4H,11H2;5H,3-4H2,1-2H3/p+1. The molecule has 0 amide bonds. The smallest absolute Gasteiger partial charge is 0.398 e. The third kappa shape index (κ3) is 8.84. The second-order valence-electron chi connectivity index (χ2n) is 4.77. The van der Waals surface area contributed by atoms with E-state index in [1.165, 1.54) is 25.2 Å². The van der Waals surface area contributed by atoms with E-state index in [0.717, 1.165) is 10.0 Å². The number of nitrogens with two attached hydrogens (primary N) is 1. The summed E-state index contributed by atoms with van der Waals surface area (Å²) in [6, 6.07) is 4.50. The van der Waals surface area contributed by atoms with Crippen LogP contribution in [0.3, 0.4) is 0 Å². The molecule has 0 heterocycles. The molecular weight excluding hydrogens is 373 g/mol. The molecule has 1 aromatic carbocycles. The van der Waals surface area contributed by atoms with E-state index in [9.17, 15) is 30.0 Å². The Bertz CT molecular complexity index is 781. The summed E-state index contributed by atoms with van der Waals surface area (Å²) in [6.07, 6.45) is -4.27. The summed E-state index contributed by atoms with van der Waals surface area (Å²) in [5.41, 5.74) is 4.07. The monoisotopic (exact) mass is 391 g/mol. The molecule has 1 rings (SSSR count). The Balaban J connectivity index is 0.000000446. The second kappa shape index (κ2) is 8.99. The van der Waals surface area contributed by atoms with Crippen LogP contribution in [0.4, 0.5) is 18.9 Å². The minimum atomic E-state index is -4.34. The van der Waals surface area contributed by atoms with Gasteiger partial charge >= 0.3 is 16.7 Å². The SMILES string of the molecule is CC(CCS(=O)(=O)O)[N+](C)=S(=O)=O.Nc1ccccc1C(F)(F)F. The fraction of sp³-hybridized carbons (Fsp3) is 0.500. The van der Waals surface area contributed by atoms with E-state index in [4.69, 9.17) is 10.3 Å². The molecule has 12 heteroatoms. The largest absolute Gasteiger partial charge is 0.458 e. The van der Waals surface area contributed by atoms with E-state index in [2.05, 4.69) is 0 Å². The van der Waals surface area contributed by atoms with Crippen LogP contribution in [0, 0.1) is 0 Å². The molecule has 1 aromatic rings. The van der Waals surface area contributed by atoms with Crippen LogP contribution < -0.4 is 5.73 Å². The van der Waals surface area contributed by atoms with E-state index in [1.807, 2.05) is 0 Å². The zero-order valence-corrected chi connectivity index (χ0v) is 14.5. The first kappa shape index (κ1) is 22.3. The number of benzene rings is 1. The van der Waals surface area contributed by atoms with Crippen molar-refractivity contribution >= 4 is 26.3 Å². The van der Waals surface area contributed by atoms with E-state index in [1.54, 1.807) is 6.92 Å². The highest BCUT2D eigenvalue weighted by Gasteiger charge is 2.32. The average Bonchev–Trinajstić information content (AvgIpc) is 2.43. The lowest BCUT2D eigenvalue weighted by molar-refractivity contribution is -0.510. The van der Waals surface area contributed by atoms with Crippen LogP contribution in [-0.4, -0.2) is 44.2 Å². The van der Waals surface area contributed by atoms with Gasteiger partial charge in [0.05, 0.1) is 11.3 Å². The Morgan fingerprint density at radius 1 is 1.29 bits per heavy atom. The molecule has 7 nitrogen and oxygen atoms in total. The van der Waals surface area contributed by atoms with Gasteiger partial charge < -0.3 is 5.73 Å². The molecular formula is C12H18F3N2O5S2+. The van der Waals surface area contributed by atoms with Gasteiger partial charge in [-0.3, -0.25) is 4.55 Å². The minimum absolute atomic E-state index is 0.0727. The van der Waals surface area contributed by atoms with Gasteiger partial charge in [0.2, 0.25) is 0 Å². The van der Waals surface area contributed by atoms with Crippen LogP contribution in [0.1, 0.15) is 18.9 Å². The molecule has 138 valence electrons. The van der Waals surface area contributed by atoms with E-state index < -0.39 is 44.2 Å². The van der Waals surface area contributed by atoms with Gasteiger partial charge in [-0.05, 0) is 19.1 Å². The number of hydrogen-bond donors (Lipinski definition) is 2. The zero-order chi connectivity index (χ0) is 19.1. The summed E-state index contributed by atoms with van der Waals surface area (Å²) >= 11 is 0. The minimum Gasteiger partial charge on any atom is -0.398 e. The predicted molar refractivity (Wildman–Crippen MR) is 81.5 cm³/mol. The molecule has 3 N–H and O–H groups in total. The Morgan fingerprint density at radius 2 is 1.79 bits per heavy atom. The first-order valence-electron chi connectivity index (χ1n) is 6.44. The Hall–Kier alpha value is -1.66. The molecule has 24 heavy (non-hydrogen) atoms. The normalized spacial score (nSPS) is 12.8. The van der Waals surface area contributed by atoms with Crippen molar-refractivity contribution in [2.45, 2.75) is 25.6 Å². The number of rotatable bonds is 4. The highest BCUT2D eigenvalue weighted by molar-refractivity contribution is 7.85. The van der Waals surface area contributed by atoms with Gasteiger partial charge in [0.25, 0.3) is 10.1 Å². The molecule has 0 saturated heterocycles. The molecule has 0 aliphatic heterocycles. The molecule has 0 spiro atoms. The van der Waals surface area contributed by atoms with E-state index in [-0.39, 0.29) is 12.1 Å². The highest BCUT2D eigenvalue weighted by atomic mass is 32.2. The molecule has 0 fully saturated rings. The fourth-order valence-corrected chi connectivity index (χ4v) is 2.44. The molecule has 0 radical (unpaired) electrons. The molecule has 0 saturated carbocycles. The number of halogens is 3. The Morgan fingerprint density at radius 3 is 2.12 bits per heavy atom. The van der Waals surface area contributed by atoms with Crippen LogP contribution in [0.15, 0.2) is 24.3 Å². The molecule has 0 aliphatic rings. The van der Waals surface area contributed by atoms with Crippen LogP contribution >= 0.6 is 0 Å². The third-order valence-electron chi connectivity index (χ3n) is 2.92. The molecule has 1 unspecified atom stereocenters. The summed E-state index contributed by atoms with van der Waals surface area (Å²) in [7, 11) is -5.04. The summed E-state index contributed by atoms with van der Waals surface area (Å²) in [6.45, 7) is 1.56. The van der Waals surface area contributed by atoms with Gasteiger partial charge in [0.1, 0.15) is 0 Å². The summed E-state index contributed by atoms with van der Waals surface area (Å²) in [5, 5.41) is 0. The van der Waals surface area contributed by atoms with Gasteiger partial charge in [-0.15, -0.1) is 12.4 Å². The topological polar surface area (TPSA) is 118 Å². The maximum absolute atomic E-state index is 12.0. The van der Waals surface area contributed by atoms with Gasteiger partial charge in [0, 0.05) is 12.1 Å². The summed E-state index contributed by atoms with van der Waals surface area (Å²) < 4.78 is 86.7. The number of hydrogen-bond acceptors (Lipinski definition) is 5. The number of nitrogens with zero attached hydrogens (tertiary/aromatic N) is 1. The lowest BCUT2D eigenvalue weighted by Gasteiger charge is -2.07. The number of nitrogen functional groups attached to an aromatic ring is 1. The maximum atomic E-state index is 12.0. The van der Waals surface area contributed by atoms with E-state index >= 15 is 0 Å². The second-order valence-corrected chi connectivity index (χ2v) is 7.35. The lowest BCUT2D eigenvalue weighted by atomic mass is 10.2. The number of para-hydroxylation sites is 1. The highest BCUT2D eigenvalue weighted by Crippen LogP contribution is 2.32. The van der Waals surface area contributed by atoms with Gasteiger partial charge in [0.15, 0.2) is 13.1 Å². The third-order valence-corrected chi connectivity index (χ3v) is 4.50. The first-order valence-corrected chi connectivity index (χ1v) is 9.09. The van der Waals surface area contributed by atoms with Crippen LogP contribution in [-0.2, 0) is 26.8 Å². The Kier molecular flexibility index (Phi) is 8.37. The molecule has 0 bridgehead atoms. The van der Waals surface area contributed by atoms with Crippen molar-refractivity contribution in [1.82, 2.24) is 0 Å². The molecule has 1 atom stereocenters. The fourth-order valence-electron chi connectivity index (χ4n) is 1.40. The van der Waals surface area contributed by atoms with Crippen molar-refractivity contribution < 1.29 is 38.5 Å². The summed E-state index contributed by atoms with van der Waals surface area (Å²) in [5.74, 6) is -0.435. The van der Waals surface area contributed by atoms with Crippen molar-refractivity contribution in [1.29, 1.82) is 0 Å². The van der Waals surface area contributed by atoms with E-state index in [0.29, 0.717) is 0 Å². The van der Waals surface area contributed by atoms with Crippen LogP contribution in [0.25, 0.3) is 0 Å². The van der Waals surface area contributed by atoms with Crippen LogP contribution in [0.2, 0.25) is 0 Å². The summed E-state index contributed by atoms with van der Waals surface area (Å²) in [4.78, 5) is 0. The Labute approximate surface area is 139 Å². The van der Waals surface area contributed by atoms with Crippen molar-refractivity contribution in [3.05, 3.63) is 29.8 Å². The molecule has 0 aromatic heterocycles. The van der Waals surface area contributed by atoms with Gasteiger partial charge in [-0.25, -0.2) is 0 Å². The number of anilines is 1. The molecule has 0 aliphatic carbocycles. The number of alkyl halides is 3. The van der Waals surface area contributed by atoms with Gasteiger partial charge in [-0.1, -0.05) is 12.1 Å². The quantitative estimate of drug-likeness (QED) is 0.458. The maximum Gasteiger partial charge on any atom is 0.458 e. The van der Waals surface area contributed by atoms with Crippen molar-refractivity contribution in [3.63, 3.8) is 0 Å². The van der Waals surface area contributed by atoms with Crippen molar-refractivity contribution in [2.75, 3.05) is 18.5 Å². The predicted octanol–water partition coefficient (Wildman–Crippen LogP) is 1.65. The van der Waals surface area contributed by atoms with Gasteiger partial charge in [-0.2, -0.15) is 21.6 Å². The first-order chi connectivity index (χ1) is 10.8. The zero-order valence-electron chi connectivity index (χ0n) is 12.9. The van der Waals surface area contributed by atoms with Crippen molar-refractivity contribution in [2.24, 2.45) is 0 Å².